The summed E-state index contributed by atoms with van der Waals surface area (Å²) in [6.45, 7) is -0.748. The van der Waals surface area contributed by atoms with Gasteiger partial charge >= 0.3 is 5.97 Å². The standard InChI is InChI=1S/C14H11BrFNO4S/c15-12-3-1-2-4-13(12)17(9-14(18)19)22(20,21)11-7-5-10(16)6-8-11/h1-8H,9H2,(H,18,19). The van der Waals surface area contributed by atoms with Crippen LogP contribution in [0.5, 0.6) is 0 Å². The first kappa shape index (κ1) is 16.4. The molecule has 0 amide bonds. The Morgan fingerprint density at radius 1 is 1.14 bits per heavy atom. The largest absolute Gasteiger partial charge is 0.480 e. The number of rotatable bonds is 5. The van der Waals surface area contributed by atoms with E-state index in [-0.39, 0.29) is 10.6 Å². The van der Waals surface area contributed by atoms with Crippen molar-refractivity contribution in [3.8, 4) is 0 Å². The summed E-state index contributed by atoms with van der Waals surface area (Å²) in [6.07, 6.45) is 0. The highest BCUT2D eigenvalue weighted by molar-refractivity contribution is 9.10. The maximum atomic E-state index is 13.0. The molecule has 0 bridgehead atoms. The number of nitrogens with zero attached hydrogens (tertiary/aromatic N) is 1. The van der Waals surface area contributed by atoms with Crippen LogP contribution in [0.3, 0.4) is 0 Å². The lowest BCUT2D eigenvalue weighted by Gasteiger charge is -2.23. The van der Waals surface area contributed by atoms with Gasteiger partial charge in [0.25, 0.3) is 10.0 Å². The van der Waals surface area contributed by atoms with E-state index in [2.05, 4.69) is 15.9 Å². The van der Waals surface area contributed by atoms with Crippen LogP contribution >= 0.6 is 15.9 Å². The average Bonchev–Trinajstić information content (AvgIpc) is 2.46. The van der Waals surface area contributed by atoms with Crippen molar-refractivity contribution in [2.24, 2.45) is 0 Å². The molecule has 22 heavy (non-hydrogen) atoms. The molecule has 0 aromatic heterocycles. The van der Waals surface area contributed by atoms with E-state index >= 15 is 0 Å². The van der Waals surface area contributed by atoms with E-state index in [9.17, 15) is 17.6 Å². The highest BCUT2D eigenvalue weighted by Gasteiger charge is 2.28. The lowest BCUT2D eigenvalue weighted by Crippen LogP contribution is -2.36. The quantitative estimate of drug-likeness (QED) is 0.855. The van der Waals surface area contributed by atoms with Crippen LogP contribution in [0.4, 0.5) is 10.1 Å². The van der Waals surface area contributed by atoms with E-state index in [0.717, 1.165) is 28.6 Å². The molecule has 1 N–H and O–H groups in total. The summed E-state index contributed by atoms with van der Waals surface area (Å²) in [6, 6.07) is 10.6. The van der Waals surface area contributed by atoms with Crippen molar-refractivity contribution in [2.45, 2.75) is 4.90 Å². The van der Waals surface area contributed by atoms with Crippen molar-refractivity contribution in [3.63, 3.8) is 0 Å². The molecule has 0 spiro atoms. The van der Waals surface area contributed by atoms with E-state index in [1.54, 1.807) is 18.2 Å². The maximum absolute atomic E-state index is 13.0. The molecule has 0 aliphatic carbocycles. The predicted octanol–water partition coefficient (Wildman–Crippen LogP) is 2.87. The molecule has 8 heteroatoms. The summed E-state index contributed by atoms with van der Waals surface area (Å²) in [5.41, 5.74) is 0.189. The molecule has 0 radical (unpaired) electrons. The third kappa shape index (κ3) is 3.45. The Hall–Kier alpha value is -1.93. The zero-order valence-corrected chi connectivity index (χ0v) is 13.5. The molecular weight excluding hydrogens is 377 g/mol. The van der Waals surface area contributed by atoms with Gasteiger partial charge in [0, 0.05) is 4.47 Å². The van der Waals surface area contributed by atoms with E-state index in [0.29, 0.717) is 4.47 Å². The molecule has 2 aromatic carbocycles. The van der Waals surface area contributed by atoms with Gasteiger partial charge in [0.2, 0.25) is 0 Å². The minimum Gasteiger partial charge on any atom is -0.480 e. The zero-order valence-electron chi connectivity index (χ0n) is 11.1. The molecule has 116 valence electrons. The summed E-state index contributed by atoms with van der Waals surface area (Å²) >= 11 is 3.20. The van der Waals surface area contributed by atoms with Gasteiger partial charge in [-0.1, -0.05) is 12.1 Å². The first-order valence-electron chi connectivity index (χ1n) is 6.07. The Balaban J connectivity index is 2.56. The number of anilines is 1. The molecular formula is C14H11BrFNO4S. The lowest BCUT2D eigenvalue weighted by atomic mass is 10.3. The summed E-state index contributed by atoms with van der Waals surface area (Å²) in [4.78, 5) is 10.9. The Morgan fingerprint density at radius 3 is 2.27 bits per heavy atom. The molecule has 2 aromatic rings. The Bertz CT molecular complexity index is 793. The number of para-hydroxylation sites is 1. The third-order valence-electron chi connectivity index (χ3n) is 2.80. The topological polar surface area (TPSA) is 74.7 Å². The van der Waals surface area contributed by atoms with Crippen LogP contribution in [0.2, 0.25) is 0 Å². The number of sulfonamides is 1. The van der Waals surface area contributed by atoms with Crippen LogP contribution in [0.25, 0.3) is 0 Å². The smallest absolute Gasteiger partial charge is 0.324 e. The Morgan fingerprint density at radius 2 is 1.73 bits per heavy atom. The summed E-state index contributed by atoms with van der Waals surface area (Å²) in [5, 5.41) is 9.01. The number of hydrogen-bond donors (Lipinski definition) is 1. The molecule has 0 fully saturated rings. The second kappa shape index (κ2) is 6.45. The molecule has 5 nitrogen and oxygen atoms in total. The van der Waals surface area contributed by atoms with Gasteiger partial charge in [-0.05, 0) is 52.3 Å². The fourth-order valence-electron chi connectivity index (χ4n) is 1.81. The highest BCUT2D eigenvalue weighted by Crippen LogP contribution is 2.30. The highest BCUT2D eigenvalue weighted by atomic mass is 79.9. The fourth-order valence-corrected chi connectivity index (χ4v) is 3.86. The summed E-state index contributed by atoms with van der Waals surface area (Å²) in [5.74, 6) is -1.88. The Kier molecular flexibility index (Phi) is 4.82. The lowest BCUT2D eigenvalue weighted by molar-refractivity contribution is -0.135. The van der Waals surface area contributed by atoms with Gasteiger partial charge in [0.15, 0.2) is 0 Å². The maximum Gasteiger partial charge on any atom is 0.324 e. The summed E-state index contributed by atoms with van der Waals surface area (Å²) in [7, 11) is -4.13. The first-order chi connectivity index (χ1) is 10.3. The van der Waals surface area contributed by atoms with Gasteiger partial charge in [0.05, 0.1) is 10.6 Å². The Labute approximate surface area is 135 Å². The fraction of sp³-hybridized carbons (Fsp3) is 0.0714. The number of benzene rings is 2. The number of carbonyl (C=O) groups is 1. The average molecular weight is 388 g/mol. The van der Waals surface area contributed by atoms with Gasteiger partial charge in [-0.3, -0.25) is 9.10 Å². The molecule has 0 aliphatic heterocycles. The SMILES string of the molecule is O=C(O)CN(c1ccccc1Br)S(=O)(=O)c1ccc(F)cc1. The minimum atomic E-state index is -4.13. The van der Waals surface area contributed by atoms with Gasteiger partial charge < -0.3 is 5.11 Å². The second-order valence-electron chi connectivity index (χ2n) is 4.31. The minimum absolute atomic E-state index is 0.189. The molecule has 0 aliphatic rings. The van der Waals surface area contributed by atoms with Crippen molar-refractivity contribution in [1.82, 2.24) is 0 Å². The monoisotopic (exact) mass is 387 g/mol. The zero-order chi connectivity index (χ0) is 16.3. The van der Waals surface area contributed by atoms with Crippen molar-refractivity contribution < 1.29 is 22.7 Å². The van der Waals surface area contributed by atoms with Crippen molar-refractivity contribution in [1.29, 1.82) is 0 Å². The first-order valence-corrected chi connectivity index (χ1v) is 8.30. The van der Waals surface area contributed by atoms with Crippen molar-refractivity contribution in [3.05, 3.63) is 58.8 Å². The normalized spacial score (nSPS) is 11.2. The molecule has 0 heterocycles. The number of carboxylic acid groups (broad SMARTS) is 1. The summed E-state index contributed by atoms with van der Waals surface area (Å²) < 4.78 is 39.5. The molecule has 0 saturated heterocycles. The predicted molar refractivity (Wildman–Crippen MR) is 82.7 cm³/mol. The van der Waals surface area contributed by atoms with Crippen LogP contribution in [0, 0.1) is 5.82 Å². The number of halogens is 2. The second-order valence-corrected chi connectivity index (χ2v) is 7.03. The van der Waals surface area contributed by atoms with Crippen LogP contribution in [0.15, 0.2) is 57.9 Å². The number of hydrogen-bond acceptors (Lipinski definition) is 3. The van der Waals surface area contributed by atoms with Crippen LogP contribution < -0.4 is 4.31 Å². The van der Waals surface area contributed by atoms with E-state index in [4.69, 9.17) is 5.11 Å². The van der Waals surface area contributed by atoms with E-state index < -0.39 is 28.4 Å². The van der Waals surface area contributed by atoms with Crippen molar-refractivity contribution in [2.75, 3.05) is 10.8 Å². The molecule has 0 atom stereocenters. The van der Waals surface area contributed by atoms with Crippen LogP contribution in [0.1, 0.15) is 0 Å². The molecule has 2 rings (SSSR count). The number of carboxylic acids is 1. The van der Waals surface area contributed by atoms with Crippen molar-refractivity contribution >= 4 is 37.6 Å². The van der Waals surface area contributed by atoms with E-state index in [1.165, 1.54) is 6.07 Å². The molecule has 0 saturated carbocycles. The van der Waals surface area contributed by atoms with Gasteiger partial charge in [-0.25, -0.2) is 12.8 Å². The van der Waals surface area contributed by atoms with E-state index in [1.807, 2.05) is 0 Å². The molecule has 0 unspecified atom stereocenters. The van der Waals surface area contributed by atoms with Crippen LogP contribution in [-0.2, 0) is 14.8 Å². The number of aliphatic carboxylic acids is 1. The van der Waals surface area contributed by atoms with Gasteiger partial charge in [-0.15, -0.1) is 0 Å². The van der Waals surface area contributed by atoms with Gasteiger partial charge in [-0.2, -0.15) is 0 Å². The van der Waals surface area contributed by atoms with Crippen LogP contribution in [-0.4, -0.2) is 26.0 Å². The van der Waals surface area contributed by atoms with Gasteiger partial charge in [0.1, 0.15) is 12.4 Å². The third-order valence-corrected chi connectivity index (χ3v) is 5.25.